The first-order valence-electron chi connectivity index (χ1n) is 3.89. The predicted octanol–water partition coefficient (Wildman–Crippen LogP) is 2.75. The third kappa shape index (κ3) is 0.726. The molecule has 1 fully saturated rings. The standard InChI is InChI=1S/C9H14/c1-9(2)5-7-3-4-8(7)6-9/h5,8H,3-4,6H2,1-2H3. The molecule has 0 heterocycles. The van der Waals surface area contributed by atoms with Crippen molar-refractivity contribution in [3.63, 3.8) is 0 Å². The Bertz CT molecular complexity index is 163. The summed E-state index contributed by atoms with van der Waals surface area (Å²) >= 11 is 0. The average molecular weight is 122 g/mol. The van der Waals surface area contributed by atoms with Crippen LogP contribution in [0.15, 0.2) is 11.6 Å². The van der Waals surface area contributed by atoms with E-state index in [-0.39, 0.29) is 0 Å². The lowest BCUT2D eigenvalue weighted by molar-refractivity contribution is 0.354. The zero-order chi connectivity index (χ0) is 6.48. The van der Waals surface area contributed by atoms with Crippen LogP contribution in [-0.2, 0) is 0 Å². The van der Waals surface area contributed by atoms with Crippen molar-refractivity contribution in [3.8, 4) is 0 Å². The van der Waals surface area contributed by atoms with E-state index < -0.39 is 0 Å². The quantitative estimate of drug-likeness (QED) is 0.433. The van der Waals surface area contributed by atoms with Crippen molar-refractivity contribution in [2.75, 3.05) is 0 Å². The normalized spacial score (nSPS) is 37.1. The Hall–Kier alpha value is -0.260. The van der Waals surface area contributed by atoms with Crippen LogP contribution < -0.4 is 0 Å². The number of hydrogen-bond donors (Lipinski definition) is 0. The second kappa shape index (κ2) is 1.42. The van der Waals surface area contributed by atoms with Gasteiger partial charge < -0.3 is 0 Å². The highest BCUT2D eigenvalue weighted by molar-refractivity contribution is 5.24. The molecule has 0 saturated heterocycles. The van der Waals surface area contributed by atoms with Gasteiger partial charge in [0.1, 0.15) is 0 Å². The third-order valence-corrected chi connectivity index (χ3v) is 2.65. The van der Waals surface area contributed by atoms with Gasteiger partial charge in [0.15, 0.2) is 0 Å². The van der Waals surface area contributed by atoms with Crippen molar-refractivity contribution in [2.24, 2.45) is 11.3 Å². The minimum absolute atomic E-state index is 0.538. The van der Waals surface area contributed by atoms with Gasteiger partial charge in [-0.05, 0) is 30.6 Å². The second-order valence-corrected chi connectivity index (χ2v) is 4.15. The fourth-order valence-corrected chi connectivity index (χ4v) is 2.13. The Morgan fingerprint density at radius 2 is 2.33 bits per heavy atom. The van der Waals surface area contributed by atoms with Crippen LogP contribution in [0.3, 0.4) is 0 Å². The molecular formula is C9H14. The van der Waals surface area contributed by atoms with Crippen molar-refractivity contribution in [1.29, 1.82) is 0 Å². The Labute approximate surface area is 57.0 Å². The van der Waals surface area contributed by atoms with Crippen LogP contribution in [0, 0.1) is 11.3 Å². The largest absolute Gasteiger partial charge is 0.0794 e. The minimum atomic E-state index is 0.538. The summed E-state index contributed by atoms with van der Waals surface area (Å²) in [5, 5.41) is 0. The second-order valence-electron chi connectivity index (χ2n) is 4.15. The molecular weight excluding hydrogens is 108 g/mol. The summed E-state index contributed by atoms with van der Waals surface area (Å²) in [5.41, 5.74) is 2.29. The molecule has 0 N–H and O–H groups in total. The lowest BCUT2D eigenvalue weighted by Crippen LogP contribution is -2.12. The molecule has 1 saturated carbocycles. The summed E-state index contributed by atoms with van der Waals surface area (Å²) in [7, 11) is 0. The van der Waals surface area contributed by atoms with Gasteiger partial charge in [-0.25, -0.2) is 0 Å². The third-order valence-electron chi connectivity index (χ3n) is 2.65. The molecule has 2 rings (SSSR count). The molecule has 0 heteroatoms. The first-order chi connectivity index (χ1) is 4.17. The molecule has 9 heavy (non-hydrogen) atoms. The van der Waals surface area contributed by atoms with E-state index in [2.05, 4.69) is 19.9 Å². The highest BCUT2D eigenvalue weighted by Gasteiger charge is 2.36. The maximum atomic E-state index is 2.49. The topological polar surface area (TPSA) is 0 Å². The van der Waals surface area contributed by atoms with E-state index in [4.69, 9.17) is 0 Å². The summed E-state index contributed by atoms with van der Waals surface area (Å²) in [6.07, 6.45) is 6.77. The maximum absolute atomic E-state index is 2.49. The van der Waals surface area contributed by atoms with Crippen LogP contribution in [0.25, 0.3) is 0 Å². The summed E-state index contributed by atoms with van der Waals surface area (Å²) < 4.78 is 0. The molecule has 0 radical (unpaired) electrons. The Morgan fingerprint density at radius 1 is 1.56 bits per heavy atom. The fraction of sp³-hybridized carbons (Fsp3) is 0.778. The minimum Gasteiger partial charge on any atom is -0.0794 e. The Kier molecular flexibility index (Phi) is 0.870. The van der Waals surface area contributed by atoms with E-state index in [1.165, 1.54) is 19.3 Å². The van der Waals surface area contributed by atoms with Gasteiger partial charge in [-0.3, -0.25) is 0 Å². The molecule has 50 valence electrons. The first-order valence-corrected chi connectivity index (χ1v) is 3.89. The number of fused-ring (bicyclic) bond motifs is 1. The predicted molar refractivity (Wildman–Crippen MR) is 39.2 cm³/mol. The molecule has 0 aromatic heterocycles. The van der Waals surface area contributed by atoms with Gasteiger partial charge in [0.2, 0.25) is 0 Å². The molecule has 0 nitrogen and oxygen atoms in total. The highest BCUT2D eigenvalue weighted by atomic mass is 14.4. The number of rotatable bonds is 0. The summed E-state index contributed by atoms with van der Waals surface area (Å²) in [5.74, 6) is 1.000. The maximum Gasteiger partial charge on any atom is -0.0166 e. The SMILES string of the molecule is CC1(C)C=C2CCC2C1. The van der Waals surface area contributed by atoms with Gasteiger partial charge in [-0.2, -0.15) is 0 Å². The van der Waals surface area contributed by atoms with E-state index in [1.807, 2.05) is 0 Å². The van der Waals surface area contributed by atoms with E-state index in [1.54, 1.807) is 5.57 Å². The van der Waals surface area contributed by atoms with E-state index >= 15 is 0 Å². The lowest BCUT2D eigenvalue weighted by Gasteiger charge is -2.25. The molecule has 2 aliphatic carbocycles. The van der Waals surface area contributed by atoms with Crippen LogP contribution in [0.2, 0.25) is 0 Å². The molecule has 0 bridgehead atoms. The van der Waals surface area contributed by atoms with Gasteiger partial charge >= 0.3 is 0 Å². The fourth-order valence-electron chi connectivity index (χ4n) is 2.13. The van der Waals surface area contributed by atoms with Crippen molar-refractivity contribution < 1.29 is 0 Å². The van der Waals surface area contributed by atoms with Crippen LogP contribution in [0.5, 0.6) is 0 Å². The van der Waals surface area contributed by atoms with E-state index in [0.717, 1.165) is 5.92 Å². The van der Waals surface area contributed by atoms with Crippen molar-refractivity contribution in [1.82, 2.24) is 0 Å². The van der Waals surface area contributed by atoms with E-state index in [0.29, 0.717) is 5.41 Å². The van der Waals surface area contributed by atoms with E-state index in [9.17, 15) is 0 Å². The van der Waals surface area contributed by atoms with Gasteiger partial charge in [-0.15, -0.1) is 0 Å². The van der Waals surface area contributed by atoms with Gasteiger partial charge in [0.05, 0.1) is 0 Å². The van der Waals surface area contributed by atoms with Crippen molar-refractivity contribution in [3.05, 3.63) is 11.6 Å². The summed E-state index contributed by atoms with van der Waals surface area (Å²) in [4.78, 5) is 0. The number of allylic oxidation sites excluding steroid dienone is 2. The van der Waals surface area contributed by atoms with Crippen molar-refractivity contribution in [2.45, 2.75) is 33.1 Å². The van der Waals surface area contributed by atoms with Crippen LogP contribution in [0.1, 0.15) is 33.1 Å². The van der Waals surface area contributed by atoms with Crippen molar-refractivity contribution >= 4 is 0 Å². The summed E-state index contributed by atoms with van der Waals surface area (Å²) in [6.45, 7) is 4.69. The molecule has 1 unspecified atom stereocenters. The van der Waals surface area contributed by atoms with Crippen LogP contribution in [-0.4, -0.2) is 0 Å². The van der Waals surface area contributed by atoms with Crippen LogP contribution >= 0.6 is 0 Å². The van der Waals surface area contributed by atoms with Crippen LogP contribution in [0.4, 0.5) is 0 Å². The molecule has 1 atom stereocenters. The lowest BCUT2D eigenvalue weighted by atomic mass is 9.80. The Morgan fingerprint density at radius 3 is 2.56 bits per heavy atom. The molecule has 0 amide bonds. The summed E-state index contributed by atoms with van der Waals surface area (Å²) in [6, 6.07) is 0. The van der Waals surface area contributed by atoms with Gasteiger partial charge in [0.25, 0.3) is 0 Å². The monoisotopic (exact) mass is 122 g/mol. The zero-order valence-corrected chi connectivity index (χ0v) is 6.28. The van der Waals surface area contributed by atoms with Gasteiger partial charge in [0, 0.05) is 0 Å². The molecule has 2 aliphatic rings. The van der Waals surface area contributed by atoms with Gasteiger partial charge in [-0.1, -0.05) is 25.5 Å². The first kappa shape index (κ1) is 5.52. The molecule has 0 aromatic rings. The Balaban J connectivity index is 2.23. The number of hydrogen-bond acceptors (Lipinski definition) is 0. The molecule has 0 aliphatic heterocycles. The smallest absolute Gasteiger partial charge is 0.0166 e. The highest BCUT2D eigenvalue weighted by Crippen LogP contribution is 2.49. The zero-order valence-electron chi connectivity index (χ0n) is 6.28. The average Bonchev–Trinajstić information content (AvgIpc) is 1.90. The molecule has 0 spiro atoms. The molecule has 0 aromatic carbocycles.